The van der Waals surface area contributed by atoms with Gasteiger partial charge >= 0.3 is 0 Å². The first kappa shape index (κ1) is 15.7. The summed E-state index contributed by atoms with van der Waals surface area (Å²) in [7, 11) is 4.15. The van der Waals surface area contributed by atoms with Gasteiger partial charge in [-0.1, -0.05) is 67.6 Å². The van der Waals surface area contributed by atoms with Gasteiger partial charge in [0.2, 0.25) is 0 Å². The second-order valence-corrected chi connectivity index (χ2v) is 6.03. The third kappa shape index (κ3) is 4.16. The van der Waals surface area contributed by atoms with Crippen molar-refractivity contribution in [2.45, 2.75) is 18.9 Å². The van der Waals surface area contributed by atoms with Gasteiger partial charge in [0.15, 0.2) is 0 Å². The maximum absolute atomic E-state index is 10.9. The van der Waals surface area contributed by atoms with E-state index in [-0.39, 0.29) is 5.92 Å². The molecular formula is C19H25NO. The molecule has 0 spiro atoms. The fourth-order valence-electron chi connectivity index (χ4n) is 3.04. The van der Waals surface area contributed by atoms with Gasteiger partial charge in [-0.05, 0) is 31.1 Å². The lowest BCUT2D eigenvalue weighted by molar-refractivity contribution is 0.110. The summed E-state index contributed by atoms with van der Waals surface area (Å²) < 4.78 is 0. The van der Waals surface area contributed by atoms with Crippen molar-refractivity contribution >= 4 is 0 Å². The van der Waals surface area contributed by atoms with Gasteiger partial charge in [-0.15, -0.1) is 0 Å². The zero-order valence-electron chi connectivity index (χ0n) is 13.1. The van der Waals surface area contributed by atoms with Crippen LogP contribution < -0.4 is 0 Å². The Morgan fingerprint density at radius 1 is 0.857 bits per heavy atom. The highest BCUT2D eigenvalue weighted by Gasteiger charge is 2.28. The van der Waals surface area contributed by atoms with Crippen LogP contribution in [0.2, 0.25) is 0 Å². The van der Waals surface area contributed by atoms with Crippen molar-refractivity contribution in [1.29, 1.82) is 0 Å². The van der Waals surface area contributed by atoms with Crippen molar-refractivity contribution in [1.82, 2.24) is 4.90 Å². The summed E-state index contributed by atoms with van der Waals surface area (Å²) in [6.45, 7) is 3.16. The summed E-state index contributed by atoms with van der Waals surface area (Å²) in [4.78, 5) is 2.18. The fourth-order valence-corrected chi connectivity index (χ4v) is 3.04. The first-order valence-electron chi connectivity index (χ1n) is 7.52. The molecule has 0 bridgehead atoms. The van der Waals surface area contributed by atoms with Gasteiger partial charge in [0.1, 0.15) is 0 Å². The molecule has 3 unspecified atom stereocenters. The molecule has 112 valence electrons. The number of nitrogens with zero attached hydrogens (tertiary/aromatic N) is 1. The van der Waals surface area contributed by atoms with Gasteiger partial charge in [0, 0.05) is 12.5 Å². The lowest BCUT2D eigenvalue weighted by Crippen LogP contribution is -2.28. The average Bonchev–Trinajstić information content (AvgIpc) is 2.48. The van der Waals surface area contributed by atoms with Gasteiger partial charge in [-0.3, -0.25) is 0 Å². The van der Waals surface area contributed by atoms with E-state index in [0.717, 1.165) is 12.1 Å². The number of aliphatic hydroxyl groups is 1. The van der Waals surface area contributed by atoms with E-state index in [9.17, 15) is 5.11 Å². The third-order valence-electron chi connectivity index (χ3n) is 3.93. The van der Waals surface area contributed by atoms with Crippen molar-refractivity contribution in [3.8, 4) is 0 Å². The minimum atomic E-state index is -0.483. The predicted octanol–water partition coefficient (Wildman–Crippen LogP) is 3.70. The van der Waals surface area contributed by atoms with E-state index in [0.29, 0.717) is 5.92 Å². The van der Waals surface area contributed by atoms with Gasteiger partial charge in [0.25, 0.3) is 0 Å². The average molecular weight is 283 g/mol. The summed E-state index contributed by atoms with van der Waals surface area (Å²) in [5.41, 5.74) is 2.18. The Balaban J connectivity index is 2.32. The molecule has 0 saturated heterocycles. The molecule has 0 heterocycles. The Labute approximate surface area is 128 Å². The maximum atomic E-state index is 10.9. The highest BCUT2D eigenvalue weighted by molar-refractivity contribution is 5.27. The molecule has 3 atom stereocenters. The standard InChI is InChI=1S/C19H25NO/c1-15(14-20(2)3)18(16-10-6-4-7-11-16)19(21)17-12-8-5-9-13-17/h4-13,15,18-19,21H,14H2,1-3H3. The van der Waals surface area contributed by atoms with Crippen LogP contribution in [0.1, 0.15) is 30.1 Å². The molecule has 0 radical (unpaired) electrons. The molecule has 0 fully saturated rings. The zero-order chi connectivity index (χ0) is 15.2. The van der Waals surface area contributed by atoms with Gasteiger partial charge in [-0.25, -0.2) is 0 Å². The highest BCUT2D eigenvalue weighted by atomic mass is 16.3. The Kier molecular flexibility index (Phi) is 5.54. The summed E-state index contributed by atoms with van der Waals surface area (Å²) in [5.74, 6) is 0.452. The van der Waals surface area contributed by atoms with Crippen LogP contribution in [0.4, 0.5) is 0 Å². The first-order chi connectivity index (χ1) is 10.1. The Morgan fingerprint density at radius 2 is 1.33 bits per heavy atom. The number of aliphatic hydroxyl groups excluding tert-OH is 1. The topological polar surface area (TPSA) is 23.5 Å². The molecule has 2 heteroatoms. The number of hydrogen-bond donors (Lipinski definition) is 1. The van der Waals surface area contributed by atoms with Crippen LogP contribution in [0.25, 0.3) is 0 Å². The second kappa shape index (κ2) is 7.39. The SMILES string of the molecule is CC(CN(C)C)C(c1ccccc1)C(O)c1ccccc1. The van der Waals surface area contributed by atoms with Crippen LogP contribution in [0, 0.1) is 5.92 Å². The molecule has 1 N–H and O–H groups in total. The molecule has 0 aromatic heterocycles. The summed E-state index contributed by atoms with van der Waals surface area (Å²) >= 11 is 0. The fraction of sp³-hybridized carbons (Fsp3) is 0.368. The van der Waals surface area contributed by atoms with Gasteiger partial charge < -0.3 is 10.0 Å². The van der Waals surface area contributed by atoms with Gasteiger partial charge in [-0.2, -0.15) is 0 Å². The number of benzene rings is 2. The van der Waals surface area contributed by atoms with Crippen LogP contribution in [0.5, 0.6) is 0 Å². The molecule has 0 aliphatic heterocycles. The lowest BCUT2D eigenvalue weighted by Gasteiger charge is -2.31. The molecule has 2 rings (SSSR count). The van der Waals surface area contributed by atoms with E-state index in [2.05, 4.69) is 38.1 Å². The molecule has 0 saturated carbocycles. The van der Waals surface area contributed by atoms with Crippen LogP contribution >= 0.6 is 0 Å². The molecular weight excluding hydrogens is 258 g/mol. The Bertz CT molecular complexity index is 524. The highest BCUT2D eigenvalue weighted by Crippen LogP contribution is 2.37. The normalized spacial score (nSPS) is 15.7. The van der Waals surface area contributed by atoms with E-state index in [1.165, 1.54) is 5.56 Å². The molecule has 0 aliphatic carbocycles. The summed E-state index contributed by atoms with van der Waals surface area (Å²) in [6.07, 6.45) is -0.483. The summed E-state index contributed by atoms with van der Waals surface area (Å²) in [5, 5.41) is 10.9. The largest absolute Gasteiger partial charge is 0.388 e. The Hall–Kier alpha value is -1.64. The molecule has 2 nitrogen and oxygen atoms in total. The number of hydrogen-bond acceptors (Lipinski definition) is 2. The molecule has 2 aromatic carbocycles. The number of rotatable bonds is 6. The smallest absolute Gasteiger partial charge is 0.0861 e. The predicted molar refractivity (Wildman–Crippen MR) is 88.3 cm³/mol. The first-order valence-corrected chi connectivity index (χ1v) is 7.52. The Morgan fingerprint density at radius 3 is 1.81 bits per heavy atom. The van der Waals surface area contributed by atoms with E-state index < -0.39 is 6.10 Å². The molecule has 2 aromatic rings. The van der Waals surface area contributed by atoms with E-state index in [1.807, 2.05) is 48.5 Å². The maximum Gasteiger partial charge on any atom is 0.0861 e. The molecule has 21 heavy (non-hydrogen) atoms. The van der Waals surface area contributed by atoms with Crippen LogP contribution in [0.15, 0.2) is 60.7 Å². The second-order valence-electron chi connectivity index (χ2n) is 6.03. The summed E-state index contributed by atoms with van der Waals surface area (Å²) in [6, 6.07) is 20.3. The lowest BCUT2D eigenvalue weighted by atomic mass is 9.80. The van der Waals surface area contributed by atoms with Crippen molar-refractivity contribution < 1.29 is 5.11 Å². The third-order valence-corrected chi connectivity index (χ3v) is 3.93. The van der Waals surface area contributed by atoms with Crippen LogP contribution in [-0.2, 0) is 0 Å². The minimum absolute atomic E-state index is 0.0935. The van der Waals surface area contributed by atoms with Gasteiger partial charge in [0.05, 0.1) is 6.10 Å². The monoisotopic (exact) mass is 283 g/mol. The van der Waals surface area contributed by atoms with Crippen molar-refractivity contribution in [3.05, 3.63) is 71.8 Å². The van der Waals surface area contributed by atoms with E-state index in [4.69, 9.17) is 0 Å². The van der Waals surface area contributed by atoms with Crippen molar-refractivity contribution in [2.75, 3.05) is 20.6 Å². The van der Waals surface area contributed by atoms with Crippen molar-refractivity contribution in [3.63, 3.8) is 0 Å². The van der Waals surface area contributed by atoms with E-state index in [1.54, 1.807) is 0 Å². The molecule has 0 amide bonds. The zero-order valence-corrected chi connectivity index (χ0v) is 13.1. The van der Waals surface area contributed by atoms with Crippen LogP contribution in [0.3, 0.4) is 0 Å². The minimum Gasteiger partial charge on any atom is -0.388 e. The van der Waals surface area contributed by atoms with Crippen molar-refractivity contribution in [2.24, 2.45) is 5.92 Å². The van der Waals surface area contributed by atoms with Crippen LogP contribution in [-0.4, -0.2) is 30.6 Å². The quantitative estimate of drug-likeness (QED) is 0.873. The molecule has 0 aliphatic rings. The van der Waals surface area contributed by atoms with E-state index >= 15 is 0 Å².